The summed E-state index contributed by atoms with van der Waals surface area (Å²) in [4.78, 5) is 28.4. The average Bonchev–Trinajstić information content (AvgIpc) is 3.63. The Bertz CT molecular complexity index is 2430. The molecule has 0 aliphatic heterocycles. The number of carboxylic acid groups (broad SMARTS) is 2. The number of aliphatic carboxylic acids is 2. The van der Waals surface area contributed by atoms with Gasteiger partial charge in [-0.1, -0.05) is 36.4 Å². The Morgan fingerprint density at radius 3 is 1.13 bits per heavy atom. The third-order valence-electron chi connectivity index (χ3n) is 11.0. The zero-order valence-corrected chi connectivity index (χ0v) is 36.6. The molecule has 0 radical (unpaired) electrons. The summed E-state index contributed by atoms with van der Waals surface area (Å²) in [5, 5.41) is 23.2. The Labute approximate surface area is 366 Å². The van der Waals surface area contributed by atoms with E-state index in [-0.39, 0.29) is 17.9 Å². The second kappa shape index (κ2) is 19.9. The molecule has 0 aliphatic carbocycles. The van der Waals surface area contributed by atoms with Crippen molar-refractivity contribution in [1.29, 1.82) is 0 Å². The van der Waals surface area contributed by atoms with E-state index in [1.165, 1.54) is 56.9 Å². The number of ether oxygens (including phenoxy) is 9. The molecule has 0 bridgehead atoms. The lowest BCUT2D eigenvalue weighted by molar-refractivity contribution is -0.138. The molecule has 0 saturated heterocycles. The van der Waals surface area contributed by atoms with Gasteiger partial charge in [-0.2, -0.15) is 0 Å². The minimum absolute atomic E-state index is 0.124. The lowest BCUT2D eigenvalue weighted by Gasteiger charge is -2.24. The van der Waals surface area contributed by atoms with Crippen molar-refractivity contribution in [2.75, 3.05) is 64.0 Å². The predicted octanol–water partition coefficient (Wildman–Crippen LogP) is 8.58. The topological polar surface area (TPSA) is 163 Å². The van der Waals surface area contributed by atoms with Gasteiger partial charge in [-0.05, 0) is 94.9 Å². The Hall–Kier alpha value is -7.48. The normalized spacial score (nSPS) is 11.8. The van der Waals surface area contributed by atoms with Gasteiger partial charge >= 0.3 is 11.9 Å². The quantitative estimate of drug-likeness (QED) is 0.0752. The van der Waals surface area contributed by atoms with E-state index in [4.69, 9.17) is 42.6 Å². The fourth-order valence-corrected chi connectivity index (χ4v) is 8.00. The Morgan fingerprint density at radius 1 is 0.444 bits per heavy atom. The van der Waals surface area contributed by atoms with Crippen molar-refractivity contribution in [3.8, 4) is 74.0 Å². The van der Waals surface area contributed by atoms with Gasteiger partial charge in [-0.25, -0.2) is 0 Å². The van der Waals surface area contributed by atoms with Crippen LogP contribution in [0.1, 0.15) is 39.9 Å². The van der Waals surface area contributed by atoms with E-state index in [0.29, 0.717) is 91.5 Å². The molecule has 14 heteroatoms. The van der Waals surface area contributed by atoms with Gasteiger partial charge in [-0.15, -0.1) is 0 Å². The number of methoxy groups -OCH3 is 9. The number of hydrogen-bond acceptors (Lipinski definition) is 11. The summed E-state index contributed by atoms with van der Waals surface area (Å²) >= 11 is 0. The molecule has 14 nitrogen and oxygen atoms in total. The van der Waals surface area contributed by atoms with E-state index < -0.39 is 23.8 Å². The molecule has 6 aromatic rings. The van der Waals surface area contributed by atoms with E-state index in [0.717, 1.165) is 5.56 Å². The van der Waals surface area contributed by atoms with Gasteiger partial charge in [-0.3, -0.25) is 9.59 Å². The van der Waals surface area contributed by atoms with E-state index in [2.05, 4.69) is 0 Å². The highest BCUT2D eigenvalue weighted by molar-refractivity contribution is 5.97. The molecular weight excluding hydrogens is 811 g/mol. The first-order valence-corrected chi connectivity index (χ1v) is 19.7. The number of rotatable bonds is 20. The van der Waals surface area contributed by atoms with Crippen LogP contribution in [0.5, 0.6) is 51.7 Å². The zero-order chi connectivity index (χ0) is 45.4. The van der Waals surface area contributed by atoms with E-state index >= 15 is 0 Å². The third-order valence-corrected chi connectivity index (χ3v) is 11.0. The maximum Gasteiger partial charge on any atom is 0.317 e. The van der Waals surface area contributed by atoms with Gasteiger partial charge in [0, 0.05) is 29.1 Å². The van der Waals surface area contributed by atoms with Crippen LogP contribution in [0.3, 0.4) is 0 Å². The van der Waals surface area contributed by atoms with Crippen molar-refractivity contribution in [2.24, 2.45) is 0 Å². The molecule has 0 saturated carbocycles. The highest BCUT2D eigenvalue weighted by atomic mass is 16.5. The minimum atomic E-state index is -1.42. The van der Waals surface area contributed by atoms with Crippen molar-refractivity contribution in [2.45, 2.75) is 24.8 Å². The maximum absolute atomic E-state index is 14.2. The van der Waals surface area contributed by atoms with Gasteiger partial charge in [0.15, 0.2) is 46.0 Å². The van der Waals surface area contributed by atoms with Crippen LogP contribution in [0.25, 0.3) is 22.3 Å². The summed E-state index contributed by atoms with van der Waals surface area (Å²) in [6.45, 7) is 0.124. The van der Waals surface area contributed by atoms with E-state index in [1.807, 2.05) is 28.8 Å². The highest BCUT2D eigenvalue weighted by Gasteiger charge is 2.40. The maximum atomic E-state index is 14.2. The highest BCUT2D eigenvalue weighted by Crippen LogP contribution is 2.51. The molecule has 63 heavy (non-hydrogen) atoms. The molecule has 2 N–H and O–H groups in total. The van der Waals surface area contributed by atoms with E-state index in [9.17, 15) is 19.8 Å². The number of benzene rings is 5. The molecule has 0 spiro atoms. The minimum Gasteiger partial charge on any atom is -0.497 e. The number of aryl methyl sites for hydroxylation is 1. The Balaban J connectivity index is 1.88. The smallest absolute Gasteiger partial charge is 0.317 e. The van der Waals surface area contributed by atoms with Crippen molar-refractivity contribution in [1.82, 2.24) is 4.57 Å². The van der Waals surface area contributed by atoms with Crippen molar-refractivity contribution >= 4 is 11.9 Å². The van der Waals surface area contributed by atoms with Crippen molar-refractivity contribution in [3.05, 3.63) is 125 Å². The molecule has 0 fully saturated rings. The standard InChI is InChI=1S/C49H51NO13/c1-55-33-16-10-28(11-17-33)22-23-50-46(44(48(51)52)31-14-20-36(58-4)40(26-31)62-8)42(29-12-18-34(56-2)38(24-29)60-6)43(30-13-19-35(57-3)39(25-30)61-7)47(50)45(49(53)54)32-15-21-37(59-5)41(27-32)63-9/h10-21,24-27,44-45H,22-23H2,1-9H3,(H,51,52)(H,53,54). The van der Waals surface area contributed by atoms with Crippen LogP contribution in [0.15, 0.2) is 97.1 Å². The molecule has 2 unspecified atom stereocenters. The molecule has 1 heterocycles. The Morgan fingerprint density at radius 2 is 0.794 bits per heavy atom. The van der Waals surface area contributed by atoms with Crippen LogP contribution in [0.2, 0.25) is 0 Å². The molecule has 2 atom stereocenters. The molecule has 1 aromatic heterocycles. The van der Waals surface area contributed by atoms with Gasteiger partial charge in [0.05, 0.1) is 64.0 Å². The summed E-state index contributed by atoms with van der Waals surface area (Å²) in [7, 11) is 13.6. The number of hydrogen-bond donors (Lipinski definition) is 2. The number of nitrogens with zero attached hydrogens (tertiary/aromatic N) is 1. The second-order valence-electron chi connectivity index (χ2n) is 14.2. The first-order valence-electron chi connectivity index (χ1n) is 19.7. The third kappa shape index (κ3) is 8.96. The number of carboxylic acids is 2. The van der Waals surface area contributed by atoms with Crippen LogP contribution in [-0.4, -0.2) is 90.7 Å². The van der Waals surface area contributed by atoms with Crippen LogP contribution in [-0.2, 0) is 22.6 Å². The zero-order valence-electron chi connectivity index (χ0n) is 36.6. The van der Waals surface area contributed by atoms with Crippen LogP contribution in [0.4, 0.5) is 0 Å². The van der Waals surface area contributed by atoms with Gasteiger partial charge < -0.3 is 57.4 Å². The number of carbonyl (C=O) groups is 2. The lowest BCUT2D eigenvalue weighted by atomic mass is 9.85. The fraction of sp³-hybridized carbons (Fsp3) is 0.265. The van der Waals surface area contributed by atoms with Gasteiger partial charge in [0.1, 0.15) is 17.6 Å². The summed E-state index contributed by atoms with van der Waals surface area (Å²) in [5.41, 5.74) is 3.99. The lowest BCUT2D eigenvalue weighted by Crippen LogP contribution is -2.23. The van der Waals surface area contributed by atoms with Gasteiger partial charge in [0.25, 0.3) is 0 Å². The first-order chi connectivity index (χ1) is 30.5. The van der Waals surface area contributed by atoms with Crippen molar-refractivity contribution < 1.29 is 62.4 Å². The first kappa shape index (κ1) is 45.1. The largest absolute Gasteiger partial charge is 0.497 e. The fourth-order valence-electron chi connectivity index (χ4n) is 8.00. The molecule has 330 valence electrons. The molecule has 0 aliphatic rings. The second-order valence-corrected chi connectivity index (χ2v) is 14.2. The monoisotopic (exact) mass is 861 g/mol. The molecular formula is C49H51NO13. The van der Waals surface area contributed by atoms with Crippen LogP contribution in [0, 0.1) is 0 Å². The molecule has 0 amide bonds. The Kier molecular flexibility index (Phi) is 14.3. The number of aromatic nitrogens is 1. The van der Waals surface area contributed by atoms with Crippen molar-refractivity contribution in [3.63, 3.8) is 0 Å². The summed E-state index contributed by atoms with van der Waals surface area (Å²) in [6.07, 6.45) is 0.353. The summed E-state index contributed by atoms with van der Waals surface area (Å²) in [5.74, 6) is -1.63. The van der Waals surface area contributed by atoms with Crippen LogP contribution < -0.4 is 42.6 Å². The molecule has 6 rings (SSSR count). The predicted molar refractivity (Wildman–Crippen MR) is 236 cm³/mol. The van der Waals surface area contributed by atoms with Gasteiger partial charge in [0.2, 0.25) is 0 Å². The summed E-state index contributed by atoms with van der Waals surface area (Å²) < 4.78 is 52.7. The van der Waals surface area contributed by atoms with E-state index in [1.54, 1.807) is 79.9 Å². The average molecular weight is 862 g/mol. The summed E-state index contributed by atoms with van der Waals surface area (Å²) in [6, 6.07) is 27.9. The molecule has 5 aromatic carbocycles. The van der Waals surface area contributed by atoms with Crippen LogP contribution >= 0.6 is 0 Å². The SMILES string of the molecule is COc1ccc(CCn2c(C(C(=O)O)c3ccc(OC)c(OC)c3)c(-c3ccc(OC)c(OC)c3)c(-c3ccc(OC)c(OC)c3)c2C(C(=O)O)c2ccc(OC)c(OC)c2)cc1.